The van der Waals surface area contributed by atoms with Gasteiger partial charge in [0.25, 0.3) is 0 Å². The van der Waals surface area contributed by atoms with Crippen molar-refractivity contribution in [3.8, 4) is 22.8 Å². The van der Waals surface area contributed by atoms with Crippen molar-refractivity contribution in [2.75, 3.05) is 0 Å². The molecule has 3 aromatic heterocycles. The molecular formula is C22H21N3. The Morgan fingerprint density at radius 2 is 1.60 bits per heavy atom. The Bertz CT molecular complexity index is 946. The van der Waals surface area contributed by atoms with Gasteiger partial charge in [0.2, 0.25) is 0 Å². The normalized spacial score (nSPS) is 22.8. The predicted octanol–water partition coefficient (Wildman–Crippen LogP) is 4.89. The minimum absolute atomic E-state index is 0.438. The van der Waals surface area contributed by atoms with E-state index in [0.29, 0.717) is 11.3 Å². The fraction of sp³-hybridized carbons (Fsp3) is 0.318. The monoisotopic (exact) mass is 327 g/mol. The first kappa shape index (κ1) is 14.8. The van der Waals surface area contributed by atoms with E-state index in [4.69, 9.17) is 9.97 Å². The molecule has 6 rings (SSSR count). The maximum absolute atomic E-state index is 4.98. The Labute approximate surface area is 148 Å². The molecular weight excluding hydrogens is 306 g/mol. The third-order valence-electron chi connectivity index (χ3n) is 6.23. The van der Waals surface area contributed by atoms with E-state index in [0.717, 1.165) is 35.1 Å². The van der Waals surface area contributed by atoms with E-state index in [-0.39, 0.29) is 0 Å². The second-order valence-electron chi connectivity index (χ2n) is 7.87. The van der Waals surface area contributed by atoms with Gasteiger partial charge >= 0.3 is 0 Å². The summed E-state index contributed by atoms with van der Waals surface area (Å²) in [6.07, 6.45) is 4.23. The van der Waals surface area contributed by atoms with Crippen LogP contribution in [0, 0.1) is 11.3 Å². The molecule has 0 saturated heterocycles. The van der Waals surface area contributed by atoms with Gasteiger partial charge in [-0.1, -0.05) is 32.0 Å². The first-order valence-electron chi connectivity index (χ1n) is 9.01. The molecule has 0 unspecified atom stereocenters. The first-order chi connectivity index (χ1) is 12.1. The lowest BCUT2D eigenvalue weighted by molar-refractivity contribution is 0.0170. The van der Waals surface area contributed by atoms with E-state index >= 15 is 0 Å². The summed E-state index contributed by atoms with van der Waals surface area (Å²) in [7, 11) is 0. The Hall–Kier alpha value is -2.55. The summed E-state index contributed by atoms with van der Waals surface area (Å²) < 4.78 is 0. The Morgan fingerprint density at radius 1 is 0.840 bits per heavy atom. The third kappa shape index (κ3) is 2.22. The van der Waals surface area contributed by atoms with Crippen molar-refractivity contribution in [2.45, 2.75) is 32.6 Å². The predicted molar refractivity (Wildman–Crippen MR) is 99.0 cm³/mol. The molecule has 1 fully saturated rings. The van der Waals surface area contributed by atoms with Crippen molar-refractivity contribution in [1.82, 2.24) is 15.0 Å². The SMILES string of the molecule is CC1(C)[C@H]2Cc3nc(-c4cccc(-c5ccccn5)n4)ccc3[C@@H]1C2. The van der Waals surface area contributed by atoms with Gasteiger partial charge in [-0.25, -0.2) is 4.98 Å². The van der Waals surface area contributed by atoms with E-state index in [1.54, 1.807) is 6.20 Å². The van der Waals surface area contributed by atoms with Crippen LogP contribution in [0.1, 0.15) is 37.4 Å². The second kappa shape index (κ2) is 5.22. The zero-order chi connectivity index (χ0) is 17.0. The van der Waals surface area contributed by atoms with Crippen LogP contribution in [0.3, 0.4) is 0 Å². The van der Waals surface area contributed by atoms with Crippen LogP contribution in [0.2, 0.25) is 0 Å². The minimum atomic E-state index is 0.438. The molecule has 3 aliphatic rings. The molecule has 0 aliphatic heterocycles. The van der Waals surface area contributed by atoms with Crippen LogP contribution < -0.4 is 0 Å². The zero-order valence-electron chi connectivity index (χ0n) is 14.6. The molecule has 0 amide bonds. The van der Waals surface area contributed by atoms with Crippen molar-refractivity contribution >= 4 is 0 Å². The number of aromatic nitrogens is 3. The molecule has 1 saturated carbocycles. The fourth-order valence-electron chi connectivity index (χ4n) is 4.49. The maximum Gasteiger partial charge on any atom is 0.0894 e. The van der Waals surface area contributed by atoms with Gasteiger partial charge in [-0.3, -0.25) is 9.97 Å². The number of hydrogen-bond donors (Lipinski definition) is 0. The molecule has 3 aliphatic carbocycles. The van der Waals surface area contributed by atoms with Gasteiger partial charge in [0.15, 0.2) is 0 Å². The van der Waals surface area contributed by atoms with Crippen LogP contribution in [0.4, 0.5) is 0 Å². The molecule has 25 heavy (non-hydrogen) atoms. The van der Waals surface area contributed by atoms with Crippen LogP contribution >= 0.6 is 0 Å². The first-order valence-corrected chi connectivity index (χ1v) is 9.01. The lowest BCUT2D eigenvalue weighted by atomic mass is 9.48. The van der Waals surface area contributed by atoms with E-state index in [2.05, 4.69) is 31.0 Å². The second-order valence-corrected chi connectivity index (χ2v) is 7.87. The molecule has 3 heteroatoms. The quantitative estimate of drug-likeness (QED) is 0.672. The van der Waals surface area contributed by atoms with E-state index in [9.17, 15) is 0 Å². The third-order valence-corrected chi connectivity index (χ3v) is 6.23. The Morgan fingerprint density at radius 3 is 2.36 bits per heavy atom. The highest BCUT2D eigenvalue weighted by molar-refractivity contribution is 5.62. The summed E-state index contributed by atoms with van der Waals surface area (Å²) in [5.74, 6) is 1.45. The molecule has 0 N–H and O–H groups in total. The van der Waals surface area contributed by atoms with Gasteiger partial charge in [0.1, 0.15) is 0 Å². The summed E-state index contributed by atoms with van der Waals surface area (Å²) in [6, 6.07) is 16.4. The van der Waals surface area contributed by atoms with Crippen LogP contribution in [0.15, 0.2) is 54.7 Å². The molecule has 3 heterocycles. The number of hydrogen-bond acceptors (Lipinski definition) is 3. The van der Waals surface area contributed by atoms with Crippen LogP contribution in [0.25, 0.3) is 22.8 Å². The largest absolute Gasteiger partial charge is 0.255 e. The molecule has 2 atom stereocenters. The number of pyridine rings is 3. The molecule has 0 radical (unpaired) electrons. The average molecular weight is 327 g/mol. The van der Waals surface area contributed by atoms with Crippen molar-refractivity contribution in [2.24, 2.45) is 11.3 Å². The fourth-order valence-corrected chi connectivity index (χ4v) is 4.49. The van der Waals surface area contributed by atoms with E-state index < -0.39 is 0 Å². The molecule has 0 aromatic carbocycles. The standard InChI is InChI=1S/C22H21N3/c1-22(2)14-12-16(22)15-9-10-20(25-21(15)13-14)19-8-5-7-18(24-19)17-6-3-4-11-23-17/h3-11,14,16H,12-13H2,1-2H3/t14-,16+/m1/s1. The summed E-state index contributed by atoms with van der Waals surface area (Å²) in [6.45, 7) is 4.81. The van der Waals surface area contributed by atoms with Crippen LogP contribution in [-0.4, -0.2) is 15.0 Å². The number of rotatable bonds is 2. The van der Waals surface area contributed by atoms with Crippen LogP contribution in [0.5, 0.6) is 0 Å². The van der Waals surface area contributed by atoms with Crippen molar-refractivity contribution in [3.05, 3.63) is 66.0 Å². The van der Waals surface area contributed by atoms with Crippen molar-refractivity contribution in [3.63, 3.8) is 0 Å². The summed E-state index contributed by atoms with van der Waals surface area (Å²) in [5, 5.41) is 0. The van der Waals surface area contributed by atoms with Gasteiger partial charge < -0.3 is 0 Å². The molecule has 3 aromatic rings. The molecule has 124 valence electrons. The molecule has 3 nitrogen and oxygen atoms in total. The van der Waals surface area contributed by atoms with Crippen molar-refractivity contribution in [1.29, 1.82) is 0 Å². The topological polar surface area (TPSA) is 38.7 Å². The summed E-state index contributed by atoms with van der Waals surface area (Å²) in [5.41, 5.74) is 6.85. The van der Waals surface area contributed by atoms with Gasteiger partial charge in [-0.05, 0) is 66.0 Å². The molecule has 0 spiro atoms. The smallest absolute Gasteiger partial charge is 0.0894 e. The van der Waals surface area contributed by atoms with Crippen LogP contribution in [-0.2, 0) is 6.42 Å². The van der Waals surface area contributed by atoms with Gasteiger partial charge in [0, 0.05) is 11.9 Å². The highest BCUT2D eigenvalue weighted by Crippen LogP contribution is 2.61. The molecule has 2 bridgehead atoms. The highest BCUT2D eigenvalue weighted by Gasteiger charge is 2.52. The minimum Gasteiger partial charge on any atom is -0.255 e. The lowest BCUT2D eigenvalue weighted by Gasteiger charge is -2.56. The van der Waals surface area contributed by atoms with E-state index in [1.807, 2.05) is 36.4 Å². The van der Waals surface area contributed by atoms with Gasteiger partial charge in [-0.15, -0.1) is 0 Å². The zero-order valence-corrected chi connectivity index (χ0v) is 14.6. The average Bonchev–Trinajstić information content (AvgIpc) is 2.67. The van der Waals surface area contributed by atoms with Crippen molar-refractivity contribution < 1.29 is 0 Å². The van der Waals surface area contributed by atoms with E-state index in [1.165, 1.54) is 17.7 Å². The maximum atomic E-state index is 4.98. The lowest BCUT2D eigenvalue weighted by Crippen LogP contribution is -2.48. The Kier molecular flexibility index (Phi) is 3.08. The van der Waals surface area contributed by atoms with Gasteiger partial charge in [0.05, 0.1) is 22.8 Å². The Balaban J connectivity index is 1.53. The summed E-state index contributed by atoms with van der Waals surface area (Å²) in [4.78, 5) is 14.2. The highest BCUT2D eigenvalue weighted by atomic mass is 14.8. The van der Waals surface area contributed by atoms with Gasteiger partial charge in [-0.2, -0.15) is 0 Å². The number of nitrogens with zero attached hydrogens (tertiary/aromatic N) is 3. The summed E-state index contributed by atoms with van der Waals surface area (Å²) >= 11 is 0.